The molecular weight excluding hydrogens is 624 g/mol. The average molecular weight is 685 g/mol. The van der Waals surface area contributed by atoms with Gasteiger partial charge in [0.1, 0.15) is 6.10 Å². The summed E-state index contributed by atoms with van der Waals surface area (Å²) in [5.74, 6) is -3.41. The molecule has 1 N–H and O–H groups in total. The highest BCUT2D eigenvalue weighted by Crippen LogP contribution is 2.47. The van der Waals surface area contributed by atoms with E-state index in [1.165, 1.54) is 28.1 Å². The quantitative estimate of drug-likeness (QED) is 0.134. The van der Waals surface area contributed by atoms with Crippen molar-refractivity contribution in [2.24, 2.45) is 11.8 Å². The zero-order valence-electron chi connectivity index (χ0n) is 30.2. The van der Waals surface area contributed by atoms with Gasteiger partial charge in [-0.2, -0.15) is 0 Å². The van der Waals surface area contributed by atoms with Crippen LogP contribution in [0.1, 0.15) is 66.9 Å². The SMILES string of the molecule is CC[Si](CC)(CC)O[C@H]1[C@@H](C)[C@@H](C[C@@H](O)COC)O[C@@](OC)([C@H](OC(C)=O)[C@H](C[C@@H](COCc2ccccc2)OC)OC(C)=O)[C@@H]1C. The van der Waals surface area contributed by atoms with E-state index in [9.17, 15) is 14.7 Å². The second kappa shape index (κ2) is 19.9. The number of aliphatic hydroxyl groups excluding tert-OH is 1. The predicted octanol–water partition coefficient (Wildman–Crippen LogP) is 5.27. The third-order valence-corrected chi connectivity index (χ3v) is 14.3. The van der Waals surface area contributed by atoms with Crippen LogP contribution in [0.5, 0.6) is 0 Å². The largest absolute Gasteiger partial charge is 0.458 e. The normalized spacial score (nSPS) is 25.9. The first-order valence-electron chi connectivity index (χ1n) is 16.9. The lowest BCUT2D eigenvalue weighted by molar-refractivity contribution is -0.370. The van der Waals surface area contributed by atoms with Gasteiger partial charge in [0.25, 0.3) is 0 Å². The van der Waals surface area contributed by atoms with E-state index in [0.717, 1.165) is 23.7 Å². The van der Waals surface area contributed by atoms with Crippen molar-refractivity contribution in [3.63, 3.8) is 0 Å². The van der Waals surface area contributed by atoms with Crippen molar-refractivity contribution >= 4 is 20.3 Å². The molecule has 1 saturated heterocycles. The van der Waals surface area contributed by atoms with Crippen LogP contribution in [-0.4, -0.2) is 102 Å². The van der Waals surface area contributed by atoms with Crippen molar-refractivity contribution in [2.45, 2.75) is 128 Å². The van der Waals surface area contributed by atoms with Crippen molar-refractivity contribution in [3.8, 4) is 0 Å². The van der Waals surface area contributed by atoms with Crippen LogP contribution in [0, 0.1) is 11.8 Å². The Morgan fingerprint density at radius 2 is 1.57 bits per heavy atom. The van der Waals surface area contributed by atoms with E-state index in [1.54, 1.807) is 7.11 Å². The topological polar surface area (TPSA) is 128 Å². The molecule has 1 aliphatic heterocycles. The molecule has 0 saturated carbocycles. The van der Waals surface area contributed by atoms with E-state index in [-0.39, 0.29) is 38.1 Å². The number of benzene rings is 1. The minimum Gasteiger partial charge on any atom is -0.458 e. The second-order valence-electron chi connectivity index (χ2n) is 12.7. The number of methoxy groups -OCH3 is 3. The van der Waals surface area contributed by atoms with E-state index in [4.69, 9.17) is 37.6 Å². The van der Waals surface area contributed by atoms with Crippen LogP contribution in [0.15, 0.2) is 30.3 Å². The highest BCUT2D eigenvalue weighted by Gasteiger charge is 2.61. The second-order valence-corrected chi connectivity index (χ2v) is 17.4. The molecule has 1 aliphatic rings. The molecule has 2 rings (SSSR count). The molecule has 1 heterocycles. The van der Waals surface area contributed by atoms with E-state index in [1.807, 2.05) is 37.3 Å². The van der Waals surface area contributed by atoms with Crippen molar-refractivity contribution in [2.75, 3.05) is 34.5 Å². The fraction of sp³-hybridized carbons (Fsp3) is 0.771. The lowest BCUT2D eigenvalue weighted by Crippen LogP contribution is -2.68. The molecule has 270 valence electrons. The summed E-state index contributed by atoms with van der Waals surface area (Å²) in [6, 6.07) is 12.5. The molecule has 1 fully saturated rings. The van der Waals surface area contributed by atoms with Gasteiger partial charge in [-0.05, 0) is 23.7 Å². The zero-order chi connectivity index (χ0) is 35.2. The van der Waals surface area contributed by atoms with E-state index >= 15 is 0 Å². The molecule has 0 radical (unpaired) electrons. The summed E-state index contributed by atoms with van der Waals surface area (Å²) >= 11 is 0. The van der Waals surface area contributed by atoms with Crippen molar-refractivity contribution in [1.82, 2.24) is 0 Å². The fourth-order valence-corrected chi connectivity index (χ4v) is 9.73. The number of hydrogen-bond acceptors (Lipinski definition) is 11. The first-order chi connectivity index (χ1) is 22.3. The van der Waals surface area contributed by atoms with Crippen LogP contribution < -0.4 is 0 Å². The maximum atomic E-state index is 12.8. The summed E-state index contributed by atoms with van der Waals surface area (Å²) in [7, 11) is 2.41. The molecule has 0 bridgehead atoms. The minimum absolute atomic E-state index is 0.118. The minimum atomic E-state index is -2.17. The summed E-state index contributed by atoms with van der Waals surface area (Å²) < 4.78 is 49.2. The number of ether oxygens (including phenoxy) is 7. The van der Waals surface area contributed by atoms with E-state index < -0.39 is 62.5 Å². The summed E-state index contributed by atoms with van der Waals surface area (Å²) in [6.45, 7) is 13.8. The van der Waals surface area contributed by atoms with Gasteiger partial charge < -0.3 is 42.7 Å². The smallest absolute Gasteiger partial charge is 0.303 e. The molecule has 0 unspecified atom stereocenters. The number of rotatable bonds is 21. The van der Waals surface area contributed by atoms with Crippen molar-refractivity contribution < 1.29 is 52.3 Å². The number of aliphatic hydroxyl groups is 1. The van der Waals surface area contributed by atoms with Crippen LogP contribution in [0.2, 0.25) is 18.1 Å². The Hall–Kier alpha value is -1.90. The maximum Gasteiger partial charge on any atom is 0.303 e. The molecule has 1 aromatic carbocycles. The molecule has 0 spiro atoms. The Morgan fingerprint density at radius 3 is 2.09 bits per heavy atom. The van der Waals surface area contributed by atoms with E-state index in [0.29, 0.717) is 6.61 Å². The lowest BCUT2D eigenvalue weighted by atomic mass is 9.76. The van der Waals surface area contributed by atoms with E-state index in [2.05, 4.69) is 27.7 Å². The highest BCUT2D eigenvalue weighted by molar-refractivity contribution is 6.73. The van der Waals surface area contributed by atoms with Gasteiger partial charge in [0, 0.05) is 59.9 Å². The van der Waals surface area contributed by atoms with Gasteiger partial charge in [-0.15, -0.1) is 0 Å². The van der Waals surface area contributed by atoms with Gasteiger partial charge in [0.2, 0.25) is 5.79 Å². The van der Waals surface area contributed by atoms with Gasteiger partial charge in [-0.1, -0.05) is 65.0 Å². The first kappa shape index (κ1) is 41.3. The van der Waals surface area contributed by atoms with Crippen molar-refractivity contribution in [1.29, 1.82) is 0 Å². The summed E-state index contributed by atoms with van der Waals surface area (Å²) in [5, 5.41) is 10.9. The van der Waals surface area contributed by atoms with Crippen LogP contribution >= 0.6 is 0 Å². The lowest BCUT2D eigenvalue weighted by Gasteiger charge is -2.56. The maximum absolute atomic E-state index is 12.8. The third-order valence-electron chi connectivity index (χ3n) is 9.66. The summed E-state index contributed by atoms with van der Waals surface area (Å²) in [6.07, 6.45) is -4.19. The molecule has 12 heteroatoms. The molecule has 0 aromatic heterocycles. The Labute approximate surface area is 283 Å². The van der Waals surface area contributed by atoms with Crippen LogP contribution in [0.25, 0.3) is 0 Å². The van der Waals surface area contributed by atoms with Crippen molar-refractivity contribution in [3.05, 3.63) is 35.9 Å². The summed E-state index contributed by atoms with van der Waals surface area (Å²) in [5.41, 5.74) is 1.01. The standard InChI is InChI=1S/C35H60O11Si/c1-11-47(12-2,13-3)46-33-24(4)31(19-29(38)22-39-8)45-35(41-10,25(33)5)34(44-27(7)37)32(43-26(6)36)20-30(40-9)23-42-21-28-17-15-14-16-18-28/h14-18,24-25,29-34,38H,11-13,19-23H2,1-10H3/t24-,25+,29+,30-,31+,32-,33-,34+,35+/m0/s1. The Kier molecular flexibility index (Phi) is 17.5. The van der Waals surface area contributed by atoms with Gasteiger partial charge in [0.15, 0.2) is 14.4 Å². The van der Waals surface area contributed by atoms with Gasteiger partial charge in [-0.3, -0.25) is 9.59 Å². The van der Waals surface area contributed by atoms with Gasteiger partial charge in [-0.25, -0.2) is 0 Å². The number of esters is 2. The molecule has 1 aromatic rings. The monoisotopic (exact) mass is 684 g/mol. The first-order valence-corrected chi connectivity index (χ1v) is 19.4. The molecule has 0 aliphatic carbocycles. The molecule has 47 heavy (non-hydrogen) atoms. The number of carbonyl (C=O) groups excluding carboxylic acids is 2. The molecule has 0 amide bonds. The Bertz CT molecular complexity index is 1050. The molecule has 11 nitrogen and oxygen atoms in total. The zero-order valence-corrected chi connectivity index (χ0v) is 31.2. The Balaban J connectivity index is 2.59. The highest BCUT2D eigenvalue weighted by atomic mass is 28.4. The summed E-state index contributed by atoms with van der Waals surface area (Å²) in [4.78, 5) is 25.4. The number of carbonyl (C=O) groups is 2. The third kappa shape index (κ3) is 11.3. The fourth-order valence-electron chi connectivity index (χ4n) is 6.73. The van der Waals surface area contributed by atoms with Crippen LogP contribution in [-0.2, 0) is 53.8 Å². The molecule has 9 atom stereocenters. The van der Waals surface area contributed by atoms with Crippen LogP contribution in [0.3, 0.4) is 0 Å². The number of hydrogen-bond donors (Lipinski definition) is 1. The van der Waals surface area contributed by atoms with Gasteiger partial charge >= 0.3 is 11.9 Å². The Morgan fingerprint density at radius 1 is 0.957 bits per heavy atom. The van der Waals surface area contributed by atoms with Crippen LogP contribution in [0.4, 0.5) is 0 Å². The van der Waals surface area contributed by atoms with Gasteiger partial charge in [0.05, 0.1) is 44.2 Å². The predicted molar refractivity (Wildman–Crippen MR) is 180 cm³/mol. The molecular formula is C35H60O11Si. The average Bonchev–Trinajstić information content (AvgIpc) is 3.05.